The van der Waals surface area contributed by atoms with Crippen LogP contribution in [0.4, 0.5) is 17.6 Å². The summed E-state index contributed by atoms with van der Waals surface area (Å²) in [6, 6.07) is 2.04. The van der Waals surface area contributed by atoms with Gasteiger partial charge in [-0.25, -0.2) is 9.78 Å². The molecule has 1 N–H and O–H groups in total. The number of aromatic carboxylic acids is 1. The fourth-order valence-electron chi connectivity index (χ4n) is 1.82. The molecule has 0 unspecified atom stereocenters. The minimum Gasteiger partial charge on any atom is -0.477 e. The van der Waals surface area contributed by atoms with E-state index >= 15 is 0 Å². The number of hydrogen-bond acceptors (Lipinski definition) is 3. The summed E-state index contributed by atoms with van der Waals surface area (Å²) < 4.78 is 50.7. The number of rotatable bonds is 3. The van der Waals surface area contributed by atoms with Crippen molar-refractivity contribution in [3.8, 4) is 11.1 Å². The van der Waals surface area contributed by atoms with E-state index in [9.17, 15) is 27.2 Å². The molecule has 2 heterocycles. The number of carbonyl (C=O) groups is 1. The van der Waals surface area contributed by atoms with E-state index in [2.05, 4.69) is 4.98 Å². The predicted octanol–water partition coefficient (Wildman–Crippen LogP) is 2.31. The van der Waals surface area contributed by atoms with Crippen LogP contribution in [-0.4, -0.2) is 26.8 Å². The fraction of sp³-hybridized carbons (Fsp3) is 0.154. The minimum absolute atomic E-state index is 0.0189. The Hall–Kier alpha value is -2.71. The molecule has 0 aliphatic carbocycles. The van der Waals surface area contributed by atoms with Crippen LogP contribution >= 0.6 is 0 Å². The van der Waals surface area contributed by atoms with E-state index in [0.717, 1.165) is 24.5 Å². The molecule has 0 saturated heterocycles. The Labute approximate surface area is 120 Å². The van der Waals surface area contributed by atoms with E-state index in [4.69, 9.17) is 5.11 Å². The number of carboxylic acids is 1. The zero-order valence-corrected chi connectivity index (χ0v) is 10.8. The lowest BCUT2D eigenvalue weighted by Crippen LogP contribution is -2.24. The molecule has 0 aromatic carbocycles. The van der Waals surface area contributed by atoms with Crippen LogP contribution in [0, 0.1) is 5.95 Å². The molecule has 0 amide bonds. The molecule has 9 heteroatoms. The molecular formula is C13H8F4N2O3. The summed E-state index contributed by atoms with van der Waals surface area (Å²) in [6.45, 7) is -1.46. The van der Waals surface area contributed by atoms with Crippen molar-refractivity contribution in [1.82, 2.24) is 9.55 Å². The molecule has 0 bridgehead atoms. The highest BCUT2D eigenvalue weighted by Crippen LogP contribution is 2.20. The van der Waals surface area contributed by atoms with E-state index in [1.807, 2.05) is 0 Å². The van der Waals surface area contributed by atoms with E-state index in [0.29, 0.717) is 10.8 Å². The van der Waals surface area contributed by atoms with Gasteiger partial charge in [-0.3, -0.25) is 4.79 Å². The third kappa shape index (κ3) is 3.48. The van der Waals surface area contributed by atoms with Crippen LogP contribution in [0.3, 0.4) is 0 Å². The Morgan fingerprint density at radius 1 is 1.27 bits per heavy atom. The first-order valence-corrected chi connectivity index (χ1v) is 5.83. The Bertz CT molecular complexity index is 766. The van der Waals surface area contributed by atoms with Gasteiger partial charge < -0.3 is 9.67 Å². The lowest BCUT2D eigenvalue weighted by atomic mass is 10.1. The maximum Gasteiger partial charge on any atom is 0.406 e. The third-order valence-corrected chi connectivity index (χ3v) is 2.71. The number of aromatic nitrogens is 2. The van der Waals surface area contributed by atoms with Crippen molar-refractivity contribution in [2.24, 2.45) is 0 Å². The Balaban J connectivity index is 2.64. The molecule has 2 rings (SSSR count). The van der Waals surface area contributed by atoms with Gasteiger partial charge in [-0.15, -0.1) is 0 Å². The van der Waals surface area contributed by atoms with Crippen molar-refractivity contribution >= 4 is 5.97 Å². The van der Waals surface area contributed by atoms with Gasteiger partial charge >= 0.3 is 12.1 Å². The van der Waals surface area contributed by atoms with Crippen molar-refractivity contribution in [2.75, 3.05) is 0 Å². The lowest BCUT2D eigenvalue weighted by molar-refractivity contribution is -0.140. The van der Waals surface area contributed by atoms with Gasteiger partial charge in [-0.1, -0.05) is 0 Å². The van der Waals surface area contributed by atoms with Gasteiger partial charge in [0, 0.05) is 29.7 Å². The van der Waals surface area contributed by atoms with Crippen LogP contribution < -0.4 is 5.43 Å². The molecule has 0 atom stereocenters. The highest BCUT2D eigenvalue weighted by molar-refractivity contribution is 5.88. The summed E-state index contributed by atoms with van der Waals surface area (Å²) in [6.07, 6.45) is -2.19. The van der Waals surface area contributed by atoms with Crippen LogP contribution in [0.5, 0.6) is 0 Å². The predicted molar refractivity (Wildman–Crippen MR) is 66.9 cm³/mol. The van der Waals surface area contributed by atoms with Crippen LogP contribution in [0.2, 0.25) is 0 Å². The highest BCUT2D eigenvalue weighted by Gasteiger charge is 2.28. The summed E-state index contributed by atoms with van der Waals surface area (Å²) in [7, 11) is 0. The minimum atomic E-state index is -4.59. The number of halogens is 4. The van der Waals surface area contributed by atoms with E-state index in [1.165, 1.54) is 0 Å². The molecular weight excluding hydrogens is 308 g/mol. The second-order valence-corrected chi connectivity index (χ2v) is 4.38. The van der Waals surface area contributed by atoms with E-state index < -0.39 is 35.6 Å². The Morgan fingerprint density at radius 2 is 1.95 bits per heavy atom. The smallest absolute Gasteiger partial charge is 0.406 e. The van der Waals surface area contributed by atoms with Gasteiger partial charge in [0.15, 0.2) is 0 Å². The van der Waals surface area contributed by atoms with Gasteiger partial charge in [0.1, 0.15) is 12.1 Å². The summed E-state index contributed by atoms with van der Waals surface area (Å²) in [5, 5.41) is 8.93. The molecule has 0 aliphatic rings. The highest BCUT2D eigenvalue weighted by atomic mass is 19.4. The average Bonchev–Trinajstić information content (AvgIpc) is 2.39. The summed E-state index contributed by atoms with van der Waals surface area (Å²) in [4.78, 5) is 26.3. The normalized spacial score (nSPS) is 11.5. The van der Waals surface area contributed by atoms with Crippen molar-refractivity contribution < 1.29 is 27.5 Å². The summed E-state index contributed by atoms with van der Waals surface area (Å²) >= 11 is 0. The number of hydrogen-bond donors (Lipinski definition) is 1. The summed E-state index contributed by atoms with van der Waals surface area (Å²) in [5.74, 6) is -2.49. The standard InChI is InChI=1S/C13H8F4N2O3/c14-10-2-1-7(3-18-10)8-4-19(6-13(15,16)17)5-9(11(8)20)12(21)22/h1-5H,6H2,(H,21,22). The number of pyridine rings is 2. The van der Waals surface area contributed by atoms with Gasteiger partial charge in [0.25, 0.3) is 0 Å². The van der Waals surface area contributed by atoms with Crippen LogP contribution in [0.1, 0.15) is 10.4 Å². The topological polar surface area (TPSA) is 72.2 Å². The third-order valence-electron chi connectivity index (χ3n) is 2.71. The quantitative estimate of drug-likeness (QED) is 0.697. The molecule has 0 saturated carbocycles. The lowest BCUT2D eigenvalue weighted by Gasteiger charge is -2.12. The number of carboxylic acid groups (broad SMARTS) is 1. The molecule has 0 spiro atoms. The summed E-state index contributed by atoms with van der Waals surface area (Å²) in [5.41, 5.74) is -2.08. The second-order valence-electron chi connectivity index (χ2n) is 4.38. The first-order chi connectivity index (χ1) is 10.2. The maximum absolute atomic E-state index is 12.8. The Morgan fingerprint density at radius 3 is 2.45 bits per heavy atom. The Kier molecular flexibility index (Phi) is 3.98. The first kappa shape index (κ1) is 15.7. The van der Waals surface area contributed by atoms with Crippen molar-refractivity contribution in [2.45, 2.75) is 12.7 Å². The molecule has 0 fully saturated rings. The van der Waals surface area contributed by atoms with Gasteiger partial charge in [0.05, 0.1) is 0 Å². The largest absolute Gasteiger partial charge is 0.477 e. The van der Waals surface area contributed by atoms with Crippen LogP contribution in [0.25, 0.3) is 11.1 Å². The van der Waals surface area contributed by atoms with Crippen molar-refractivity contribution in [3.05, 3.63) is 52.5 Å². The number of alkyl halides is 3. The molecule has 0 radical (unpaired) electrons. The van der Waals surface area contributed by atoms with Gasteiger partial charge in [0.2, 0.25) is 11.4 Å². The molecule has 116 valence electrons. The second kappa shape index (κ2) is 5.58. The molecule has 5 nitrogen and oxygen atoms in total. The zero-order chi connectivity index (χ0) is 16.5. The fourth-order valence-corrected chi connectivity index (χ4v) is 1.82. The molecule has 0 aliphatic heterocycles. The maximum atomic E-state index is 12.8. The van der Waals surface area contributed by atoms with Crippen LogP contribution in [0.15, 0.2) is 35.5 Å². The van der Waals surface area contributed by atoms with Crippen molar-refractivity contribution in [3.63, 3.8) is 0 Å². The molecule has 2 aromatic heterocycles. The SMILES string of the molecule is O=C(O)c1cn(CC(F)(F)F)cc(-c2ccc(F)nc2)c1=O. The first-order valence-electron chi connectivity index (χ1n) is 5.83. The van der Waals surface area contributed by atoms with Gasteiger partial charge in [-0.2, -0.15) is 17.6 Å². The molecule has 2 aromatic rings. The number of nitrogens with zero attached hydrogens (tertiary/aromatic N) is 2. The molecule has 22 heavy (non-hydrogen) atoms. The van der Waals surface area contributed by atoms with E-state index in [-0.39, 0.29) is 11.1 Å². The van der Waals surface area contributed by atoms with Crippen LogP contribution in [-0.2, 0) is 6.54 Å². The van der Waals surface area contributed by atoms with E-state index in [1.54, 1.807) is 0 Å². The van der Waals surface area contributed by atoms with Gasteiger partial charge in [-0.05, 0) is 12.1 Å². The monoisotopic (exact) mass is 316 g/mol. The zero-order valence-electron chi connectivity index (χ0n) is 10.8. The van der Waals surface area contributed by atoms with Crippen molar-refractivity contribution in [1.29, 1.82) is 0 Å². The average molecular weight is 316 g/mol.